The van der Waals surface area contributed by atoms with E-state index in [1.807, 2.05) is 0 Å². The van der Waals surface area contributed by atoms with E-state index in [1.165, 1.54) is 6.92 Å². The number of hydrogen-bond acceptors (Lipinski definition) is 3. The molecule has 0 N–H and O–H groups in total. The zero-order valence-corrected chi connectivity index (χ0v) is 9.23. The van der Waals surface area contributed by atoms with Gasteiger partial charge in [-0.1, -0.05) is 12.1 Å². The predicted octanol–water partition coefficient (Wildman–Crippen LogP) is 2.50. The van der Waals surface area contributed by atoms with E-state index in [-0.39, 0.29) is 11.6 Å². The summed E-state index contributed by atoms with van der Waals surface area (Å²) in [5.74, 6) is -0.0873. The number of aromatic nitrogens is 1. The second-order valence-electron chi connectivity index (χ2n) is 4.05. The van der Waals surface area contributed by atoms with Gasteiger partial charge in [-0.05, 0) is 25.1 Å². The molecule has 1 aliphatic carbocycles. The number of hydrogen-bond donors (Lipinski definition) is 0. The molecule has 0 saturated heterocycles. The summed E-state index contributed by atoms with van der Waals surface area (Å²) in [4.78, 5) is 27.6. The smallest absolute Gasteiger partial charge is 0.195 e. The van der Waals surface area contributed by atoms with Crippen LogP contribution in [0.15, 0.2) is 36.5 Å². The first-order chi connectivity index (χ1) is 8.18. The average molecular weight is 223 g/mol. The molecule has 1 aromatic heterocycles. The molecule has 17 heavy (non-hydrogen) atoms. The van der Waals surface area contributed by atoms with Crippen molar-refractivity contribution in [2.75, 3.05) is 0 Å². The summed E-state index contributed by atoms with van der Waals surface area (Å²) in [6.45, 7) is 1.49. The highest BCUT2D eigenvalue weighted by Gasteiger charge is 2.27. The highest BCUT2D eigenvalue weighted by Crippen LogP contribution is 2.35. The SMILES string of the molecule is CC(=O)c1ccc2c(c1)C(=O)c1cccnc1-2. The number of carbonyl (C=O) groups excluding carboxylic acids is 2. The van der Waals surface area contributed by atoms with E-state index < -0.39 is 0 Å². The lowest BCUT2D eigenvalue weighted by molar-refractivity contribution is 0.101. The number of rotatable bonds is 1. The Balaban J connectivity index is 2.28. The Morgan fingerprint density at radius 1 is 1.12 bits per heavy atom. The van der Waals surface area contributed by atoms with Gasteiger partial charge < -0.3 is 0 Å². The van der Waals surface area contributed by atoms with Gasteiger partial charge in [-0.25, -0.2) is 0 Å². The van der Waals surface area contributed by atoms with Crippen molar-refractivity contribution in [3.05, 3.63) is 53.2 Å². The third kappa shape index (κ3) is 1.32. The van der Waals surface area contributed by atoms with Crippen LogP contribution in [0.1, 0.15) is 33.2 Å². The summed E-state index contributed by atoms with van der Waals surface area (Å²) >= 11 is 0. The number of pyridine rings is 1. The van der Waals surface area contributed by atoms with Crippen LogP contribution in [0.25, 0.3) is 11.3 Å². The average Bonchev–Trinajstić information content (AvgIpc) is 2.64. The van der Waals surface area contributed by atoms with Gasteiger partial charge in [0.25, 0.3) is 0 Å². The number of benzene rings is 1. The Morgan fingerprint density at radius 3 is 2.71 bits per heavy atom. The molecule has 82 valence electrons. The summed E-state index contributed by atoms with van der Waals surface area (Å²) in [5.41, 5.74) is 3.28. The predicted molar refractivity (Wildman–Crippen MR) is 63.1 cm³/mol. The molecule has 0 saturated carbocycles. The molecule has 3 heteroatoms. The van der Waals surface area contributed by atoms with Gasteiger partial charge in [0.15, 0.2) is 11.6 Å². The van der Waals surface area contributed by atoms with Crippen LogP contribution >= 0.6 is 0 Å². The van der Waals surface area contributed by atoms with Gasteiger partial charge in [-0.3, -0.25) is 14.6 Å². The molecule has 3 nitrogen and oxygen atoms in total. The minimum Gasteiger partial charge on any atom is -0.295 e. The van der Waals surface area contributed by atoms with E-state index in [2.05, 4.69) is 4.98 Å². The first-order valence-electron chi connectivity index (χ1n) is 5.33. The molecule has 1 heterocycles. The standard InChI is InChI=1S/C14H9NO2/c1-8(16)9-4-5-10-12(7-9)14(17)11-3-2-6-15-13(10)11/h2-7H,1H3. The Hall–Kier alpha value is -2.29. The molecular formula is C14H9NO2. The Labute approximate surface area is 98.1 Å². The first kappa shape index (κ1) is 9.90. The van der Waals surface area contributed by atoms with Crippen LogP contribution in [-0.4, -0.2) is 16.6 Å². The normalized spacial score (nSPS) is 12.2. The molecule has 1 aromatic carbocycles. The molecule has 3 rings (SSSR count). The van der Waals surface area contributed by atoms with Crippen LogP contribution in [0.2, 0.25) is 0 Å². The quantitative estimate of drug-likeness (QED) is 0.595. The molecule has 0 atom stereocenters. The van der Waals surface area contributed by atoms with Gasteiger partial charge in [-0.15, -0.1) is 0 Å². The van der Waals surface area contributed by atoms with Crippen molar-refractivity contribution in [2.45, 2.75) is 6.92 Å². The number of Topliss-reactive ketones (excluding diaryl/α,β-unsaturated/α-hetero) is 1. The molecule has 0 unspecified atom stereocenters. The lowest BCUT2D eigenvalue weighted by atomic mass is 10.0. The van der Waals surface area contributed by atoms with Gasteiger partial charge in [0, 0.05) is 28.5 Å². The number of carbonyl (C=O) groups is 2. The van der Waals surface area contributed by atoms with Crippen LogP contribution in [0.4, 0.5) is 0 Å². The van der Waals surface area contributed by atoms with Crippen molar-refractivity contribution in [3.63, 3.8) is 0 Å². The summed E-state index contributed by atoms with van der Waals surface area (Å²) in [6, 6.07) is 8.69. The van der Waals surface area contributed by atoms with Crippen molar-refractivity contribution in [2.24, 2.45) is 0 Å². The van der Waals surface area contributed by atoms with Crippen molar-refractivity contribution in [3.8, 4) is 11.3 Å². The third-order valence-electron chi connectivity index (χ3n) is 2.98. The van der Waals surface area contributed by atoms with Crippen molar-refractivity contribution < 1.29 is 9.59 Å². The minimum absolute atomic E-state index is 0.0375. The highest BCUT2D eigenvalue weighted by molar-refractivity contribution is 6.21. The Kier molecular flexibility index (Phi) is 1.95. The first-order valence-corrected chi connectivity index (χ1v) is 5.33. The zero-order valence-electron chi connectivity index (χ0n) is 9.23. The molecule has 0 aliphatic heterocycles. The molecule has 1 aliphatic rings. The topological polar surface area (TPSA) is 47.0 Å². The second-order valence-corrected chi connectivity index (χ2v) is 4.05. The van der Waals surface area contributed by atoms with Gasteiger partial charge >= 0.3 is 0 Å². The Morgan fingerprint density at radius 2 is 1.94 bits per heavy atom. The van der Waals surface area contributed by atoms with Crippen LogP contribution < -0.4 is 0 Å². The fourth-order valence-corrected chi connectivity index (χ4v) is 2.11. The van der Waals surface area contributed by atoms with Crippen molar-refractivity contribution >= 4 is 11.6 Å². The molecule has 0 amide bonds. The van der Waals surface area contributed by atoms with Crippen LogP contribution in [0, 0.1) is 0 Å². The highest BCUT2D eigenvalue weighted by atomic mass is 16.1. The molecule has 0 radical (unpaired) electrons. The largest absolute Gasteiger partial charge is 0.295 e. The number of nitrogens with zero attached hydrogens (tertiary/aromatic N) is 1. The fourth-order valence-electron chi connectivity index (χ4n) is 2.11. The van der Waals surface area contributed by atoms with E-state index in [0.29, 0.717) is 22.4 Å². The lowest BCUT2D eigenvalue weighted by Crippen LogP contribution is -1.98. The zero-order chi connectivity index (χ0) is 12.0. The van der Waals surface area contributed by atoms with E-state index >= 15 is 0 Å². The van der Waals surface area contributed by atoms with Crippen LogP contribution in [0.3, 0.4) is 0 Å². The van der Waals surface area contributed by atoms with E-state index in [1.54, 1.807) is 36.5 Å². The maximum Gasteiger partial charge on any atom is 0.195 e. The van der Waals surface area contributed by atoms with Gasteiger partial charge in [0.2, 0.25) is 0 Å². The van der Waals surface area contributed by atoms with Crippen LogP contribution in [0.5, 0.6) is 0 Å². The minimum atomic E-state index is -0.0498. The van der Waals surface area contributed by atoms with Gasteiger partial charge in [-0.2, -0.15) is 0 Å². The fraction of sp³-hybridized carbons (Fsp3) is 0.0714. The molecular weight excluding hydrogens is 214 g/mol. The molecule has 2 aromatic rings. The van der Waals surface area contributed by atoms with Crippen molar-refractivity contribution in [1.29, 1.82) is 0 Å². The van der Waals surface area contributed by atoms with E-state index in [9.17, 15) is 9.59 Å². The van der Waals surface area contributed by atoms with Crippen molar-refractivity contribution in [1.82, 2.24) is 4.98 Å². The lowest BCUT2D eigenvalue weighted by Gasteiger charge is -2.00. The number of ketones is 2. The maximum atomic E-state index is 12.1. The van der Waals surface area contributed by atoms with E-state index in [0.717, 1.165) is 5.56 Å². The summed E-state index contributed by atoms with van der Waals surface area (Å²) < 4.78 is 0. The molecule has 0 bridgehead atoms. The summed E-state index contributed by atoms with van der Waals surface area (Å²) in [5, 5.41) is 0. The van der Waals surface area contributed by atoms with Crippen LogP contribution in [-0.2, 0) is 0 Å². The number of fused-ring (bicyclic) bond motifs is 3. The van der Waals surface area contributed by atoms with Gasteiger partial charge in [0.1, 0.15) is 0 Å². The monoisotopic (exact) mass is 223 g/mol. The molecule has 0 fully saturated rings. The van der Waals surface area contributed by atoms with Gasteiger partial charge in [0.05, 0.1) is 5.69 Å². The third-order valence-corrected chi connectivity index (χ3v) is 2.98. The summed E-state index contributed by atoms with van der Waals surface area (Å²) in [7, 11) is 0. The second kappa shape index (κ2) is 3.35. The maximum absolute atomic E-state index is 12.1. The summed E-state index contributed by atoms with van der Waals surface area (Å²) in [6.07, 6.45) is 1.67. The Bertz CT molecular complexity index is 659. The molecule has 0 spiro atoms. The van der Waals surface area contributed by atoms with E-state index in [4.69, 9.17) is 0 Å².